The molecule has 0 radical (unpaired) electrons. The molecule has 8 aromatic rings. The van der Waals surface area contributed by atoms with Gasteiger partial charge in [-0.2, -0.15) is 0 Å². The highest BCUT2D eigenvalue weighted by atomic mass is 16.6. The van der Waals surface area contributed by atoms with E-state index < -0.39 is 0 Å². The summed E-state index contributed by atoms with van der Waals surface area (Å²) in [6.07, 6.45) is 22.3. The Labute approximate surface area is 379 Å². The molecular formula is C61H44N2O2. The Hall–Kier alpha value is -8.08. The first-order valence-corrected chi connectivity index (χ1v) is 22.7. The lowest BCUT2D eigenvalue weighted by Crippen LogP contribution is -2.32. The highest BCUT2D eigenvalue weighted by Gasteiger charge is 2.57. The monoisotopic (exact) mass is 836 g/mol. The molecule has 0 saturated carbocycles. The summed E-state index contributed by atoms with van der Waals surface area (Å²) in [4.78, 5) is 2.33. The molecule has 7 aromatic carbocycles. The average molecular weight is 837 g/mol. The molecule has 13 rings (SSSR count). The third-order valence-corrected chi connectivity index (χ3v) is 14.2. The molecule has 5 aliphatic rings. The van der Waals surface area contributed by atoms with Crippen LogP contribution < -0.4 is 14.4 Å². The number of para-hydroxylation sites is 2. The van der Waals surface area contributed by atoms with Gasteiger partial charge in [-0.1, -0.05) is 152 Å². The maximum absolute atomic E-state index is 6.60. The maximum Gasteiger partial charge on any atom is 0.177 e. The predicted octanol–water partition coefficient (Wildman–Crippen LogP) is 15.6. The summed E-state index contributed by atoms with van der Waals surface area (Å²) in [5, 5.41) is 2.52. The number of hydrogen-bond acceptors (Lipinski definition) is 3. The Bertz CT molecular complexity index is 3480. The number of hydrogen-bond donors (Lipinski definition) is 0. The van der Waals surface area contributed by atoms with Gasteiger partial charge in [0.05, 0.1) is 16.4 Å². The molecule has 4 nitrogen and oxygen atoms in total. The molecule has 2 heterocycles. The Balaban J connectivity index is 0.800. The van der Waals surface area contributed by atoms with Gasteiger partial charge < -0.3 is 18.9 Å². The molecule has 1 aliphatic heterocycles. The predicted molar refractivity (Wildman–Crippen MR) is 268 cm³/mol. The van der Waals surface area contributed by atoms with E-state index in [1.165, 1.54) is 60.9 Å². The van der Waals surface area contributed by atoms with Crippen molar-refractivity contribution in [3.63, 3.8) is 0 Å². The van der Waals surface area contributed by atoms with Gasteiger partial charge in [-0.3, -0.25) is 0 Å². The van der Waals surface area contributed by atoms with Gasteiger partial charge in [-0.15, -0.1) is 0 Å². The Kier molecular flexibility index (Phi) is 8.51. The molecule has 2 atom stereocenters. The van der Waals surface area contributed by atoms with Crippen LogP contribution >= 0.6 is 0 Å². The van der Waals surface area contributed by atoms with Crippen molar-refractivity contribution in [3.8, 4) is 22.6 Å². The van der Waals surface area contributed by atoms with Crippen molar-refractivity contribution in [2.24, 2.45) is 5.92 Å². The van der Waals surface area contributed by atoms with Crippen LogP contribution in [0.15, 0.2) is 225 Å². The molecule has 4 heteroatoms. The van der Waals surface area contributed by atoms with Gasteiger partial charge in [0.15, 0.2) is 17.3 Å². The van der Waals surface area contributed by atoms with E-state index in [0.717, 1.165) is 58.8 Å². The van der Waals surface area contributed by atoms with Crippen molar-refractivity contribution in [3.05, 3.63) is 253 Å². The summed E-state index contributed by atoms with van der Waals surface area (Å²) in [6, 6.07) is 57.1. The minimum Gasteiger partial charge on any atom is -0.457 e. The molecule has 0 saturated heterocycles. The summed E-state index contributed by atoms with van der Waals surface area (Å²) in [5.74, 6) is 2.40. The lowest BCUT2D eigenvalue weighted by molar-refractivity contribution is 0.338. The zero-order valence-corrected chi connectivity index (χ0v) is 35.8. The largest absolute Gasteiger partial charge is 0.457 e. The van der Waals surface area contributed by atoms with Crippen molar-refractivity contribution in [1.29, 1.82) is 0 Å². The summed E-state index contributed by atoms with van der Waals surface area (Å²) in [7, 11) is 0. The number of ether oxygens (including phenoxy) is 2. The van der Waals surface area contributed by atoms with E-state index in [0.29, 0.717) is 17.4 Å². The number of benzene rings is 7. The second-order valence-electron chi connectivity index (χ2n) is 17.5. The highest BCUT2D eigenvalue weighted by molar-refractivity contribution is 6.11. The van der Waals surface area contributed by atoms with Crippen LogP contribution in [0.4, 0.5) is 17.1 Å². The lowest BCUT2D eigenvalue weighted by atomic mass is 9.65. The Morgan fingerprint density at radius 1 is 0.662 bits per heavy atom. The van der Waals surface area contributed by atoms with Crippen LogP contribution in [0.2, 0.25) is 0 Å². The normalized spacial score (nSPS) is 18.6. The fraction of sp³-hybridized carbons (Fsp3) is 0.0820. The summed E-state index contributed by atoms with van der Waals surface area (Å²) in [6.45, 7) is 4.47. The van der Waals surface area contributed by atoms with Gasteiger partial charge in [-0.05, 0) is 124 Å². The summed E-state index contributed by atoms with van der Waals surface area (Å²) < 4.78 is 15.7. The van der Waals surface area contributed by atoms with Gasteiger partial charge in [0.2, 0.25) is 0 Å². The van der Waals surface area contributed by atoms with Crippen molar-refractivity contribution in [2.45, 2.75) is 24.7 Å². The molecule has 2 unspecified atom stereocenters. The quantitative estimate of drug-likeness (QED) is 0.150. The first-order valence-electron chi connectivity index (χ1n) is 22.7. The SMILES string of the molecule is C=C(/C=C\C1=COc2c(ccc3c2-c2ccccc2C32c3ccccc3C3=CC=CCC32)O1)c1ccc(N(c2ccccc2)c2ccc3c4ccccc4n(C4=CC=CCC4)c3c2)cc1. The molecule has 1 spiro atoms. The van der Waals surface area contributed by atoms with Crippen LogP contribution in [0.5, 0.6) is 11.5 Å². The van der Waals surface area contributed by atoms with Crippen molar-refractivity contribution in [1.82, 2.24) is 4.57 Å². The van der Waals surface area contributed by atoms with Gasteiger partial charge in [0.25, 0.3) is 0 Å². The second kappa shape index (κ2) is 14.8. The van der Waals surface area contributed by atoms with E-state index >= 15 is 0 Å². The van der Waals surface area contributed by atoms with Gasteiger partial charge in [0, 0.05) is 45.0 Å². The Morgan fingerprint density at radius 2 is 1.38 bits per heavy atom. The highest BCUT2D eigenvalue weighted by Crippen LogP contribution is 2.67. The summed E-state index contributed by atoms with van der Waals surface area (Å²) >= 11 is 0. The van der Waals surface area contributed by atoms with E-state index in [1.807, 2.05) is 12.2 Å². The molecule has 0 bridgehead atoms. The first kappa shape index (κ1) is 37.5. The van der Waals surface area contributed by atoms with E-state index in [1.54, 1.807) is 6.26 Å². The van der Waals surface area contributed by atoms with Crippen molar-refractivity contribution < 1.29 is 9.47 Å². The van der Waals surface area contributed by atoms with E-state index in [-0.39, 0.29) is 5.41 Å². The molecule has 310 valence electrons. The number of fused-ring (bicyclic) bond motifs is 15. The number of anilines is 3. The first-order chi connectivity index (χ1) is 32.2. The standard InChI is InChI=1S/C61H44N2O2/c1-40(28-34-46-39-64-60-58(65-46)37-36-55-59(60)51-23-10-14-26-54(51)61(55)52-24-12-8-20-47(52)48-21-9-13-25-53(48)61)41-29-31-44(32-30-41)62(42-16-4-2-5-17-42)45-33-35-50-49-22-11-15-27-56(49)63(57(50)38-45)43-18-6-3-7-19-43/h2-6,8-18,20-24,26-39,53H,1,7,19,25H2/b34-28-. The van der Waals surface area contributed by atoms with E-state index in [4.69, 9.17) is 9.47 Å². The van der Waals surface area contributed by atoms with Crippen molar-refractivity contribution >= 4 is 55.7 Å². The second-order valence-corrected chi connectivity index (χ2v) is 17.5. The molecular weight excluding hydrogens is 793 g/mol. The van der Waals surface area contributed by atoms with Crippen LogP contribution in [0.1, 0.15) is 47.1 Å². The van der Waals surface area contributed by atoms with Gasteiger partial charge in [0.1, 0.15) is 6.26 Å². The number of rotatable bonds is 7. The van der Waals surface area contributed by atoms with Crippen molar-refractivity contribution in [2.75, 3.05) is 4.90 Å². The zero-order valence-electron chi connectivity index (χ0n) is 35.8. The van der Waals surface area contributed by atoms with Crippen LogP contribution in [0.25, 0.3) is 49.8 Å². The third kappa shape index (κ3) is 5.63. The number of nitrogens with zero attached hydrogens (tertiary/aromatic N) is 2. The minimum absolute atomic E-state index is 0.299. The average Bonchev–Trinajstić information content (AvgIpc) is 3.98. The van der Waals surface area contributed by atoms with E-state index in [9.17, 15) is 0 Å². The number of allylic oxidation sites excluding steroid dienone is 11. The maximum atomic E-state index is 6.60. The number of aromatic nitrogens is 1. The molecule has 1 aromatic heterocycles. The third-order valence-electron chi connectivity index (χ3n) is 14.2. The summed E-state index contributed by atoms with van der Waals surface area (Å²) in [5.41, 5.74) is 17.7. The smallest absolute Gasteiger partial charge is 0.177 e. The minimum atomic E-state index is -0.299. The van der Waals surface area contributed by atoms with Crippen LogP contribution in [0.3, 0.4) is 0 Å². The van der Waals surface area contributed by atoms with Gasteiger partial charge in [-0.25, -0.2) is 0 Å². The molecule has 0 fully saturated rings. The van der Waals surface area contributed by atoms with Gasteiger partial charge >= 0.3 is 0 Å². The molecule has 65 heavy (non-hydrogen) atoms. The fourth-order valence-electron chi connectivity index (χ4n) is 11.4. The van der Waals surface area contributed by atoms with Crippen LogP contribution in [-0.2, 0) is 5.41 Å². The molecule has 4 aliphatic carbocycles. The fourth-order valence-corrected chi connectivity index (χ4v) is 11.4. The van der Waals surface area contributed by atoms with E-state index in [2.05, 4.69) is 210 Å². The molecule has 0 N–H and O–H groups in total. The lowest BCUT2D eigenvalue weighted by Gasteiger charge is -2.36. The molecule has 0 amide bonds. The van der Waals surface area contributed by atoms with Crippen LogP contribution in [0, 0.1) is 5.92 Å². The zero-order chi connectivity index (χ0) is 43.1. The topological polar surface area (TPSA) is 26.6 Å². The Morgan fingerprint density at radius 3 is 2.23 bits per heavy atom. The van der Waals surface area contributed by atoms with Crippen LogP contribution in [-0.4, -0.2) is 4.57 Å².